The Kier molecular flexibility index (Phi) is 9.67. The third kappa shape index (κ3) is 6.89. The summed E-state index contributed by atoms with van der Waals surface area (Å²) < 4.78 is 0. The van der Waals surface area contributed by atoms with Crippen molar-refractivity contribution < 1.29 is 9.59 Å². The van der Waals surface area contributed by atoms with Gasteiger partial charge in [-0.3, -0.25) is 9.59 Å². The Labute approximate surface area is 239 Å². The van der Waals surface area contributed by atoms with Crippen LogP contribution in [0.15, 0.2) is 64.4 Å². The van der Waals surface area contributed by atoms with Crippen LogP contribution < -0.4 is 5.32 Å². The molecule has 1 spiro atoms. The Morgan fingerprint density at radius 1 is 0.923 bits per heavy atom. The number of hydrogen-bond acceptors (Lipinski definition) is 4. The van der Waals surface area contributed by atoms with Crippen molar-refractivity contribution in [1.29, 1.82) is 0 Å². The first kappa shape index (κ1) is 28.2. The van der Waals surface area contributed by atoms with Crippen LogP contribution in [0.25, 0.3) is 0 Å². The van der Waals surface area contributed by atoms with E-state index in [0.717, 1.165) is 58.2 Å². The second kappa shape index (κ2) is 13.4. The number of unbranched alkanes of at least 4 members (excludes halogenated alkanes) is 1. The molecule has 2 aliphatic heterocycles. The smallest absolute Gasteiger partial charge is 0.246 e. The van der Waals surface area contributed by atoms with Crippen LogP contribution in [0.4, 0.5) is 0 Å². The summed E-state index contributed by atoms with van der Waals surface area (Å²) in [4.78, 5) is 34.5. The number of piperazine rings is 1. The largest absolute Gasteiger partial charge is 0.342 e. The van der Waals surface area contributed by atoms with E-state index in [1.807, 2.05) is 4.90 Å². The lowest BCUT2D eigenvalue weighted by molar-refractivity contribution is -0.161. The van der Waals surface area contributed by atoms with Crippen molar-refractivity contribution in [3.8, 4) is 0 Å². The second-order valence-electron chi connectivity index (χ2n) is 11.8. The maximum Gasteiger partial charge on any atom is 0.246 e. The molecule has 6 heteroatoms. The molecule has 2 aromatic rings. The van der Waals surface area contributed by atoms with E-state index in [-0.39, 0.29) is 17.9 Å². The maximum absolute atomic E-state index is 13.8. The average Bonchev–Trinajstić information content (AvgIpc) is 2.97. The van der Waals surface area contributed by atoms with E-state index in [9.17, 15) is 9.59 Å². The summed E-state index contributed by atoms with van der Waals surface area (Å²) in [5.74, 6) is 0.848. The van der Waals surface area contributed by atoms with Gasteiger partial charge in [-0.15, -0.1) is 0 Å². The average molecular weight is 548 g/mol. The van der Waals surface area contributed by atoms with Crippen LogP contribution in [0.5, 0.6) is 0 Å². The number of carbonyl (C=O) groups is 2. The molecule has 2 amide bonds. The highest BCUT2D eigenvalue weighted by Gasteiger charge is 2.53. The molecule has 0 unspecified atom stereocenters. The Morgan fingerprint density at radius 2 is 1.67 bits per heavy atom. The first-order valence-corrected chi connectivity index (χ1v) is 16.1. The molecular weight excluding hydrogens is 502 g/mol. The molecule has 1 saturated carbocycles. The zero-order valence-corrected chi connectivity index (χ0v) is 24.4. The number of hydrogen-bond donors (Lipinski definition) is 1. The number of benzene rings is 2. The molecule has 3 fully saturated rings. The summed E-state index contributed by atoms with van der Waals surface area (Å²) in [6.45, 7) is 5.56. The van der Waals surface area contributed by atoms with Gasteiger partial charge in [-0.25, -0.2) is 0 Å². The van der Waals surface area contributed by atoms with Crippen molar-refractivity contribution >= 4 is 23.6 Å². The molecule has 39 heavy (non-hydrogen) atoms. The molecule has 0 radical (unpaired) electrons. The Bertz CT molecular complexity index is 1090. The van der Waals surface area contributed by atoms with Crippen LogP contribution in [0.2, 0.25) is 0 Å². The third-order valence-electron chi connectivity index (χ3n) is 9.12. The number of nitrogens with zero attached hydrogens (tertiary/aromatic N) is 2. The fourth-order valence-corrected chi connectivity index (χ4v) is 7.67. The second-order valence-corrected chi connectivity index (χ2v) is 12.9. The van der Waals surface area contributed by atoms with E-state index in [2.05, 4.69) is 71.7 Å². The number of likely N-dealkylation sites (tertiary alicyclic amines) is 1. The van der Waals surface area contributed by atoms with Crippen LogP contribution >= 0.6 is 11.8 Å². The van der Waals surface area contributed by atoms with E-state index in [0.29, 0.717) is 12.5 Å². The first-order chi connectivity index (χ1) is 19.1. The minimum atomic E-state index is -0.669. The maximum atomic E-state index is 13.8. The Morgan fingerprint density at radius 3 is 2.41 bits per heavy atom. The van der Waals surface area contributed by atoms with Gasteiger partial charge in [0.05, 0.1) is 0 Å². The lowest BCUT2D eigenvalue weighted by Gasteiger charge is -2.52. The minimum Gasteiger partial charge on any atom is -0.342 e. The molecule has 1 aliphatic carbocycles. The highest BCUT2D eigenvalue weighted by Crippen LogP contribution is 2.36. The van der Waals surface area contributed by atoms with Crippen LogP contribution in [-0.2, 0) is 16.0 Å². The third-order valence-corrected chi connectivity index (χ3v) is 10.1. The Balaban J connectivity index is 1.18. The van der Waals surface area contributed by atoms with E-state index in [4.69, 9.17) is 0 Å². The zero-order valence-electron chi connectivity index (χ0n) is 23.6. The molecule has 2 heterocycles. The van der Waals surface area contributed by atoms with Gasteiger partial charge in [0.15, 0.2) is 0 Å². The van der Waals surface area contributed by atoms with Crippen molar-refractivity contribution in [2.45, 2.75) is 98.9 Å². The quantitative estimate of drug-likeness (QED) is 0.379. The van der Waals surface area contributed by atoms with Gasteiger partial charge < -0.3 is 15.1 Å². The predicted molar refractivity (Wildman–Crippen MR) is 159 cm³/mol. The van der Waals surface area contributed by atoms with Crippen LogP contribution in [0.3, 0.4) is 0 Å². The first-order valence-electron chi connectivity index (χ1n) is 15.2. The zero-order chi connectivity index (χ0) is 27.1. The topological polar surface area (TPSA) is 52.7 Å². The summed E-state index contributed by atoms with van der Waals surface area (Å²) in [6.07, 6.45) is 11.5. The molecule has 2 saturated heterocycles. The number of amides is 2. The van der Waals surface area contributed by atoms with Crippen LogP contribution in [-0.4, -0.2) is 59.4 Å². The van der Waals surface area contributed by atoms with Gasteiger partial charge in [-0.05, 0) is 67.9 Å². The summed E-state index contributed by atoms with van der Waals surface area (Å²) in [7, 11) is 0. The predicted octanol–water partition coefficient (Wildman–Crippen LogP) is 6.31. The van der Waals surface area contributed by atoms with Crippen molar-refractivity contribution in [2.24, 2.45) is 5.92 Å². The number of piperidine rings is 1. The van der Waals surface area contributed by atoms with Gasteiger partial charge in [-0.2, -0.15) is 0 Å². The highest BCUT2D eigenvalue weighted by molar-refractivity contribution is 7.99. The number of rotatable bonds is 10. The molecule has 1 N–H and O–H groups in total. The van der Waals surface area contributed by atoms with Crippen molar-refractivity contribution in [2.75, 3.05) is 26.2 Å². The number of carbonyl (C=O) groups excluding carboxylic acids is 2. The molecular formula is C33H45N3O2S. The summed E-state index contributed by atoms with van der Waals surface area (Å²) in [5.41, 5.74) is 0.676. The SMILES string of the molecule is CCCCN1C(=O)[C@H](CC2CCCCC2)NC(=O)C12CCN(CCc1cccc(Sc3ccccc3)c1)CC2. The van der Waals surface area contributed by atoms with E-state index in [1.54, 1.807) is 11.8 Å². The fourth-order valence-electron chi connectivity index (χ4n) is 6.75. The molecule has 0 aromatic heterocycles. The molecule has 1 atom stereocenters. The van der Waals surface area contributed by atoms with Gasteiger partial charge >= 0.3 is 0 Å². The van der Waals surface area contributed by atoms with Crippen molar-refractivity contribution in [1.82, 2.24) is 15.1 Å². The molecule has 3 aliphatic rings. The molecule has 5 nitrogen and oxygen atoms in total. The summed E-state index contributed by atoms with van der Waals surface area (Å²) >= 11 is 1.80. The fraction of sp³-hybridized carbons (Fsp3) is 0.576. The van der Waals surface area contributed by atoms with E-state index < -0.39 is 5.54 Å². The summed E-state index contributed by atoms with van der Waals surface area (Å²) in [6, 6.07) is 19.0. The van der Waals surface area contributed by atoms with Crippen LogP contribution in [0.1, 0.15) is 76.7 Å². The van der Waals surface area contributed by atoms with Gasteiger partial charge in [0, 0.05) is 36.0 Å². The van der Waals surface area contributed by atoms with E-state index >= 15 is 0 Å². The molecule has 210 valence electrons. The standard InChI is InChI=1S/C33H45N3O2S/c1-2-3-20-36-31(37)30(25-26-11-6-4-7-12-26)34-32(38)33(36)18-22-35(23-19-33)21-17-27-13-10-16-29(24-27)39-28-14-8-5-9-15-28/h5,8-10,13-16,24,26,30H,2-4,6-7,11-12,17-23,25H2,1H3,(H,34,38)/t30-/m0/s1. The van der Waals surface area contributed by atoms with E-state index in [1.165, 1.54) is 47.5 Å². The highest BCUT2D eigenvalue weighted by atomic mass is 32.2. The minimum absolute atomic E-state index is 0.101. The van der Waals surface area contributed by atoms with Gasteiger partial charge in [0.25, 0.3) is 0 Å². The Hall–Kier alpha value is -2.31. The molecule has 0 bridgehead atoms. The van der Waals surface area contributed by atoms with Gasteiger partial charge in [0.1, 0.15) is 11.6 Å². The lowest BCUT2D eigenvalue weighted by atomic mass is 9.79. The molecule has 2 aromatic carbocycles. The van der Waals surface area contributed by atoms with Crippen LogP contribution in [0, 0.1) is 5.92 Å². The van der Waals surface area contributed by atoms with Gasteiger partial charge in [0.2, 0.25) is 11.8 Å². The van der Waals surface area contributed by atoms with Crippen molar-refractivity contribution in [3.05, 3.63) is 60.2 Å². The molecule has 5 rings (SSSR count). The lowest BCUT2D eigenvalue weighted by Crippen LogP contribution is -2.73. The van der Waals surface area contributed by atoms with Gasteiger partial charge in [-0.1, -0.05) is 87.5 Å². The number of nitrogens with one attached hydrogen (secondary N) is 1. The monoisotopic (exact) mass is 547 g/mol. The summed E-state index contributed by atoms with van der Waals surface area (Å²) in [5, 5.41) is 3.23. The van der Waals surface area contributed by atoms with Crippen molar-refractivity contribution in [3.63, 3.8) is 0 Å². The normalized spacial score (nSPS) is 22.3.